The topological polar surface area (TPSA) is 272 Å². The standard InChI is InChI=1S/C45H72O17/c1-19(17-46)7-10-28(48)20(2)31-29(49)16-27-25-9-8-23-15-24(11-13-44(23,5)26(25)12-14-45(27,31)6)59-43-40(62-42-37(55)35(53)33(51)22(4)58-42)38(56)39(30(18-47)60-43)61-41-36(54)34(52)32(50)21(3)57-41/h8,19-22,24-27,30-43,46-47,50-56H,7,9-18H2,1-6H3/t19-,20-,21?,22-,24?,25-,26+,27+,30?,31?,32+,33+,34?,35?,36?,37?,38?,39-,40?,41+,42+,43-,44+,45+/m1/s1. The summed E-state index contributed by atoms with van der Waals surface area (Å²) in [6, 6.07) is 0. The van der Waals surface area contributed by atoms with Crippen LogP contribution in [-0.2, 0) is 38.0 Å². The molecule has 4 aliphatic carbocycles. The zero-order chi connectivity index (χ0) is 45.2. The molecule has 3 saturated heterocycles. The molecule has 354 valence electrons. The van der Waals surface area contributed by atoms with Crippen molar-refractivity contribution >= 4 is 11.6 Å². The predicted octanol–water partition coefficient (Wildman–Crippen LogP) is 0.247. The van der Waals surface area contributed by atoms with Crippen LogP contribution >= 0.6 is 0 Å². The van der Waals surface area contributed by atoms with Gasteiger partial charge in [0.15, 0.2) is 18.9 Å². The van der Waals surface area contributed by atoms with E-state index in [4.69, 9.17) is 28.4 Å². The fraction of sp³-hybridized carbons (Fsp3) is 0.911. The van der Waals surface area contributed by atoms with E-state index in [2.05, 4.69) is 19.9 Å². The van der Waals surface area contributed by atoms with Gasteiger partial charge in [-0.1, -0.05) is 39.3 Å². The second-order valence-electron chi connectivity index (χ2n) is 20.3. The first-order valence-electron chi connectivity index (χ1n) is 22.9. The van der Waals surface area contributed by atoms with E-state index in [0.29, 0.717) is 38.0 Å². The zero-order valence-electron chi connectivity index (χ0n) is 36.8. The van der Waals surface area contributed by atoms with Gasteiger partial charge in [0.25, 0.3) is 0 Å². The lowest BCUT2D eigenvalue weighted by atomic mass is 9.47. The SMILES string of the molecule is CC1O[C@@H](O[C@@H]2C(CO)O[C@@H](OC3CC[C@@]4(C)C(=CC[C@@H]5[C@@H]4CC[C@]4(C)C([C@H](C)C(=O)CC[C@@H](C)CO)C(=O)C[C@@H]54)C3)C(O[C@@H]3O[C@H](C)[C@H](O)C(O)C3O)C2O)C(O)C(O)[C@H]1O. The molecule has 0 radical (unpaired) electrons. The molecule has 3 heterocycles. The van der Waals surface area contributed by atoms with Crippen LogP contribution < -0.4 is 0 Å². The minimum atomic E-state index is -1.74. The van der Waals surface area contributed by atoms with Gasteiger partial charge in [-0.05, 0) is 93.3 Å². The van der Waals surface area contributed by atoms with Crippen molar-refractivity contribution in [2.75, 3.05) is 13.2 Å². The molecule has 10 unspecified atom stereocenters. The lowest BCUT2D eigenvalue weighted by Gasteiger charge is -2.58. The molecule has 24 atom stereocenters. The number of aliphatic hydroxyl groups is 9. The van der Waals surface area contributed by atoms with E-state index in [1.54, 1.807) is 0 Å². The molecule has 7 aliphatic rings. The van der Waals surface area contributed by atoms with Gasteiger partial charge >= 0.3 is 0 Å². The van der Waals surface area contributed by atoms with Gasteiger partial charge in [0, 0.05) is 31.3 Å². The largest absolute Gasteiger partial charge is 0.396 e. The molecule has 6 fully saturated rings. The minimum absolute atomic E-state index is 0.0298. The van der Waals surface area contributed by atoms with Crippen molar-refractivity contribution in [2.24, 2.45) is 46.3 Å². The smallest absolute Gasteiger partial charge is 0.187 e. The summed E-state index contributed by atoms with van der Waals surface area (Å²) in [5.74, 6) is 0.380. The summed E-state index contributed by atoms with van der Waals surface area (Å²) in [7, 11) is 0. The van der Waals surface area contributed by atoms with Crippen LogP contribution in [0.4, 0.5) is 0 Å². The molecule has 0 spiro atoms. The Bertz CT molecular complexity index is 1610. The molecule has 17 nitrogen and oxygen atoms in total. The van der Waals surface area contributed by atoms with E-state index < -0.39 is 105 Å². The highest BCUT2D eigenvalue weighted by molar-refractivity contribution is 5.92. The third-order valence-electron chi connectivity index (χ3n) is 16.5. The van der Waals surface area contributed by atoms with Crippen molar-refractivity contribution < 1.29 is 84.0 Å². The highest BCUT2D eigenvalue weighted by atomic mass is 16.8. The van der Waals surface area contributed by atoms with E-state index in [-0.39, 0.29) is 58.6 Å². The Hall–Kier alpha value is -1.52. The van der Waals surface area contributed by atoms with E-state index in [0.717, 1.165) is 25.7 Å². The van der Waals surface area contributed by atoms with Gasteiger partial charge in [-0.15, -0.1) is 0 Å². The number of fused-ring (bicyclic) bond motifs is 5. The number of hydrogen-bond donors (Lipinski definition) is 9. The van der Waals surface area contributed by atoms with Crippen molar-refractivity contribution in [3.05, 3.63) is 11.6 Å². The number of hydrogen-bond acceptors (Lipinski definition) is 17. The number of carbonyl (C=O) groups is 2. The summed E-state index contributed by atoms with van der Waals surface area (Å²) < 4.78 is 36.4. The second kappa shape index (κ2) is 19.0. The number of aliphatic hydroxyl groups excluding tert-OH is 9. The average molecular weight is 885 g/mol. The maximum atomic E-state index is 13.8. The number of carbonyl (C=O) groups excluding carboxylic acids is 2. The van der Waals surface area contributed by atoms with E-state index in [9.17, 15) is 55.5 Å². The molecule has 3 aliphatic heterocycles. The van der Waals surface area contributed by atoms with Crippen molar-refractivity contribution in [3.63, 3.8) is 0 Å². The van der Waals surface area contributed by atoms with Crippen molar-refractivity contribution in [1.29, 1.82) is 0 Å². The van der Waals surface area contributed by atoms with Crippen LogP contribution in [0, 0.1) is 46.3 Å². The summed E-state index contributed by atoms with van der Waals surface area (Å²) in [5.41, 5.74) is 0.773. The Morgan fingerprint density at radius 1 is 0.758 bits per heavy atom. The maximum Gasteiger partial charge on any atom is 0.187 e. The molecule has 0 aromatic heterocycles. The van der Waals surface area contributed by atoms with Crippen LogP contribution in [0.25, 0.3) is 0 Å². The maximum absolute atomic E-state index is 13.8. The van der Waals surface area contributed by atoms with Crippen molar-refractivity contribution in [3.8, 4) is 0 Å². The fourth-order valence-electron chi connectivity index (χ4n) is 12.5. The first-order chi connectivity index (χ1) is 29.2. The van der Waals surface area contributed by atoms with E-state index in [1.807, 2.05) is 13.8 Å². The van der Waals surface area contributed by atoms with E-state index in [1.165, 1.54) is 19.4 Å². The number of allylic oxidation sites excluding steroid dienone is 1. The molecule has 9 N–H and O–H groups in total. The van der Waals surface area contributed by atoms with Crippen LogP contribution in [0.3, 0.4) is 0 Å². The van der Waals surface area contributed by atoms with Gasteiger partial charge < -0.3 is 74.4 Å². The van der Waals surface area contributed by atoms with Crippen LogP contribution in [0.1, 0.15) is 99.3 Å². The van der Waals surface area contributed by atoms with Gasteiger partial charge in [0.2, 0.25) is 0 Å². The molecule has 0 aromatic carbocycles. The molecule has 3 saturated carbocycles. The Balaban J connectivity index is 1.08. The fourth-order valence-corrected chi connectivity index (χ4v) is 12.5. The highest BCUT2D eigenvalue weighted by Gasteiger charge is 2.63. The Kier molecular flexibility index (Phi) is 14.8. The average Bonchev–Trinajstić information content (AvgIpc) is 3.52. The van der Waals surface area contributed by atoms with Gasteiger partial charge in [0.1, 0.15) is 72.6 Å². The van der Waals surface area contributed by atoms with E-state index >= 15 is 0 Å². The number of ketones is 2. The Morgan fingerprint density at radius 2 is 1.37 bits per heavy atom. The molecule has 0 amide bonds. The second-order valence-corrected chi connectivity index (χ2v) is 20.3. The summed E-state index contributed by atoms with van der Waals surface area (Å²) >= 11 is 0. The van der Waals surface area contributed by atoms with Gasteiger partial charge in [0.05, 0.1) is 24.9 Å². The Labute approximate surface area is 363 Å². The summed E-state index contributed by atoms with van der Waals surface area (Å²) in [4.78, 5) is 27.2. The Morgan fingerprint density at radius 3 is 1.97 bits per heavy atom. The molecule has 62 heavy (non-hydrogen) atoms. The van der Waals surface area contributed by atoms with Crippen LogP contribution in [0.5, 0.6) is 0 Å². The predicted molar refractivity (Wildman–Crippen MR) is 216 cm³/mol. The van der Waals surface area contributed by atoms with Crippen LogP contribution in [0.2, 0.25) is 0 Å². The minimum Gasteiger partial charge on any atom is -0.396 e. The lowest BCUT2D eigenvalue weighted by molar-refractivity contribution is -0.388. The lowest BCUT2D eigenvalue weighted by Crippen LogP contribution is -2.66. The molecule has 7 rings (SSSR count). The number of ether oxygens (including phenoxy) is 6. The highest BCUT2D eigenvalue weighted by Crippen LogP contribution is 2.66. The normalized spacial score (nSPS) is 50.5. The van der Waals surface area contributed by atoms with Gasteiger partial charge in [-0.2, -0.15) is 0 Å². The molecule has 0 aromatic rings. The first kappa shape index (κ1) is 48.4. The van der Waals surface area contributed by atoms with Crippen LogP contribution in [0.15, 0.2) is 11.6 Å². The molecule has 0 bridgehead atoms. The third-order valence-corrected chi connectivity index (χ3v) is 16.5. The molecule has 17 heteroatoms. The van der Waals surface area contributed by atoms with Gasteiger partial charge in [-0.25, -0.2) is 0 Å². The summed E-state index contributed by atoms with van der Waals surface area (Å²) in [6.07, 6.45) is -14.3. The van der Waals surface area contributed by atoms with Crippen molar-refractivity contribution in [1.82, 2.24) is 0 Å². The summed E-state index contributed by atoms with van der Waals surface area (Å²) in [6.45, 7) is 10.7. The first-order valence-corrected chi connectivity index (χ1v) is 22.9. The molecular weight excluding hydrogens is 812 g/mol. The quantitative estimate of drug-likeness (QED) is 0.112. The monoisotopic (exact) mass is 884 g/mol. The third kappa shape index (κ3) is 8.76. The number of Topliss-reactive ketones (excluding diaryl/α,β-unsaturated/α-hetero) is 2. The van der Waals surface area contributed by atoms with Gasteiger partial charge in [-0.3, -0.25) is 9.59 Å². The van der Waals surface area contributed by atoms with Crippen LogP contribution in [-0.4, -0.2) is 169 Å². The molecular formula is C45H72O17. The van der Waals surface area contributed by atoms with Crippen molar-refractivity contribution in [2.45, 2.75) is 198 Å². The number of rotatable bonds is 13. The summed E-state index contributed by atoms with van der Waals surface area (Å²) in [5, 5.41) is 95.2. The zero-order valence-corrected chi connectivity index (χ0v) is 36.8.